The zero-order chi connectivity index (χ0) is 8.60. The van der Waals surface area contributed by atoms with Crippen molar-refractivity contribution in [2.75, 3.05) is 0 Å². The molecule has 1 heterocycles. The highest BCUT2D eigenvalue weighted by Crippen LogP contribution is 2.39. The highest BCUT2D eigenvalue weighted by molar-refractivity contribution is 5.69. The van der Waals surface area contributed by atoms with Crippen LogP contribution >= 0.6 is 0 Å². The lowest BCUT2D eigenvalue weighted by molar-refractivity contribution is -0.431. The van der Waals surface area contributed by atoms with E-state index in [1.165, 1.54) is 0 Å². The van der Waals surface area contributed by atoms with Crippen molar-refractivity contribution in [2.45, 2.75) is 37.9 Å². The van der Waals surface area contributed by atoms with Crippen molar-refractivity contribution in [3.8, 4) is 0 Å². The van der Waals surface area contributed by atoms with Gasteiger partial charge in [0.1, 0.15) is 0 Å². The van der Waals surface area contributed by atoms with Crippen LogP contribution in [0, 0.1) is 5.92 Å². The van der Waals surface area contributed by atoms with E-state index in [1.54, 1.807) is 0 Å². The Bertz CT molecular complexity index is 203. The van der Waals surface area contributed by atoms with Crippen molar-refractivity contribution in [2.24, 2.45) is 5.92 Å². The minimum atomic E-state index is -1.19. The largest absolute Gasteiger partial charge is 0.362 e. The SMILES string of the molecule is O=C1C[C@H]2CCCC[C@]2(O)OO1. The van der Waals surface area contributed by atoms with Crippen molar-refractivity contribution >= 4 is 5.97 Å². The number of carbonyl (C=O) groups excluding carboxylic acids is 1. The number of rotatable bonds is 0. The zero-order valence-electron chi connectivity index (χ0n) is 6.78. The van der Waals surface area contributed by atoms with Gasteiger partial charge >= 0.3 is 5.97 Å². The Morgan fingerprint density at radius 1 is 1.50 bits per heavy atom. The highest BCUT2D eigenvalue weighted by atomic mass is 17.2. The number of aliphatic hydroxyl groups is 1. The maximum absolute atomic E-state index is 10.8. The van der Waals surface area contributed by atoms with E-state index in [0.29, 0.717) is 6.42 Å². The standard InChI is InChI=1S/C8H12O4/c9-7-5-6-3-1-2-4-8(6,10)12-11-7/h6,10H,1-5H2/t6-,8+/m1/s1. The number of fused-ring (bicyclic) bond motifs is 1. The van der Waals surface area contributed by atoms with E-state index < -0.39 is 5.79 Å². The Hall–Kier alpha value is -0.610. The van der Waals surface area contributed by atoms with Crippen LogP contribution in [0.2, 0.25) is 0 Å². The summed E-state index contributed by atoms with van der Waals surface area (Å²) < 4.78 is 0. The fourth-order valence-corrected chi connectivity index (χ4v) is 1.92. The third kappa shape index (κ3) is 1.21. The van der Waals surface area contributed by atoms with E-state index in [1.807, 2.05) is 0 Å². The number of carbonyl (C=O) groups is 1. The predicted molar refractivity (Wildman–Crippen MR) is 38.7 cm³/mol. The smallest absolute Gasteiger partial charge is 0.343 e. The lowest BCUT2D eigenvalue weighted by Gasteiger charge is -2.39. The molecule has 0 aromatic carbocycles. The van der Waals surface area contributed by atoms with Crippen molar-refractivity contribution in [3.63, 3.8) is 0 Å². The molecule has 0 amide bonds. The summed E-state index contributed by atoms with van der Waals surface area (Å²) in [6.07, 6.45) is 3.71. The van der Waals surface area contributed by atoms with E-state index >= 15 is 0 Å². The summed E-state index contributed by atoms with van der Waals surface area (Å²) in [5.41, 5.74) is 0. The van der Waals surface area contributed by atoms with Crippen LogP contribution in [0.1, 0.15) is 32.1 Å². The van der Waals surface area contributed by atoms with Gasteiger partial charge < -0.3 is 5.11 Å². The quantitative estimate of drug-likeness (QED) is 0.547. The first kappa shape index (κ1) is 8.01. The summed E-state index contributed by atoms with van der Waals surface area (Å²) in [5, 5.41) is 9.81. The monoisotopic (exact) mass is 172 g/mol. The second-order valence-electron chi connectivity index (χ2n) is 3.53. The zero-order valence-corrected chi connectivity index (χ0v) is 6.78. The molecule has 0 aromatic rings. The molecular weight excluding hydrogens is 160 g/mol. The van der Waals surface area contributed by atoms with Gasteiger partial charge in [0.05, 0.1) is 6.42 Å². The van der Waals surface area contributed by atoms with Gasteiger partial charge in [0.25, 0.3) is 0 Å². The molecule has 2 rings (SSSR count). The van der Waals surface area contributed by atoms with E-state index in [0.717, 1.165) is 19.3 Å². The lowest BCUT2D eigenvalue weighted by Crippen LogP contribution is -2.48. The van der Waals surface area contributed by atoms with Gasteiger partial charge in [0, 0.05) is 12.3 Å². The molecule has 68 valence electrons. The van der Waals surface area contributed by atoms with Gasteiger partial charge in [0.2, 0.25) is 5.79 Å². The van der Waals surface area contributed by atoms with Crippen molar-refractivity contribution in [3.05, 3.63) is 0 Å². The Morgan fingerprint density at radius 2 is 2.33 bits per heavy atom. The Labute approximate surface area is 70.4 Å². The second kappa shape index (κ2) is 2.71. The van der Waals surface area contributed by atoms with Gasteiger partial charge in [-0.1, -0.05) is 6.42 Å². The summed E-state index contributed by atoms with van der Waals surface area (Å²) in [4.78, 5) is 19.9. The van der Waals surface area contributed by atoms with Gasteiger partial charge in [0.15, 0.2) is 0 Å². The molecule has 2 fully saturated rings. The van der Waals surface area contributed by atoms with Crippen LogP contribution in [0.5, 0.6) is 0 Å². The minimum absolute atomic E-state index is 0.0625. The van der Waals surface area contributed by atoms with E-state index in [2.05, 4.69) is 9.78 Å². The summed E-state index contributed by atoms with van der Waals surface area (Å²) in [5.74, 6) is -1.62. The molecule has 0 unspecified atom stereocenters. The first-order valence-corrected chi connectivity index (χ1v) is 4.31. The maximum Gasteiger partial charge on any atom is 0.343 e. The molecular formula is C8H12O4. The van der Waals surface area contributed by atoms with Gasteiger partial charge in [-0.2, -0.15) is 0 Å². The summed E-state index contributed by atoms with van der Waals surface area (Å²) in [6.45, 7) is 0. The Balaban J connectivity index is 2.11. The Kier molecular flexibility index (Phi) is 1.81. The molecule has 0 spiro atoms. The third-order valence-corrected chi connectivity index (χ3v) is 2.67. The first-order valence-electron chi connectivity index (χ1n) is 4.31. The minimum Gasteiger partial charge on any atom is -0.362 e. The maximum atomic E-state index is 10.8. The molecule has 0 aromatic heterocycles. The van der Waals surface area contributed by atoms with Crippen LogP contribution in [-0.4, -0.2) is 16.9 Å². The molecule has 12 heavy (non-hydrogen) atoms. The van der Waals surface area contributed by atoms with E-state index in [-0.39, 0.29) is 18.3 Å². The third-order valence-electron chi connectivity index (χ3n) is 2.67. The van der Waals surface area contributed by atoms with Gasteiger partial charge in [-0.25, -0.2) is 4.79 Å². The molecule has 0 radical (unpaired) electrons. The second-order valence-corrected chi connectivity index (χ2v) is 3.53. The molecule has 1 saturated carbocycles. The predicted octanol–water partition coefficient (Wildman–Crippen LogP) is 0.744. The molecule has 2 aliphatic rings. The van der Waals surface area contributed by atoms with Crippen molar-refractivity contribution in [1.82, 2.24) is 0 Å². The topological polar surface area (TPSA) is 55.8 Å². The lowest BCUT2D eigenvalue weighted by atomic mass is 9.81. The number of hydrogen-bond acceptors (Lipinski definition) is 4. The highest BCUT2D eigenvalue weighted by Gasteiger charge is 2.46. The van der Waals surface area contributed by atoms with Crippen molar-refractivity contribution in [1.29, 1.82) is 0 Å². The van der Waals surface area contributed by atoms with Gasteiger partial charge in [-0.05, 0) is 12.8 Å². The average Bonchev–Trinajstić information content (AvgIpc) is 2.06. The van der Waals surface area contributed by atoms with E-state index in [4.69, 9.17) is 0 Å². The van der Waals surface area contributed by atoms with Gasteiger partial charge in [-0.15, -0.1) is 4.89 Å². The fraction of sp³-hybridized carbons (Fsp3) is 0.875. The van der Waals surface area contributed by atoms with Crippen LogP contribution in [0.4, 0.5) is 0 Å². The Morgan fingerprint density at radius 3 is 3.17 bits per heavy atom. The van der Waals surface area contributed by atoms with Crippen LogP contribution in [0.3, 0.4) is 0 Å². The van der Waals surface area contributed by atoms with Crippen LogP contribution in [0.25, 0.3) is 0 Å². The summed E-state index contributed by atoms with van der Waals surface area (Å²) >= 11 is 0. The van der Waals surface area contributed by atoms with Crippen LogP contribution in [0.15, 0.2) is 0 Å². The molecule has 1 saturated heterocycles. The molecule has 1 aliphatic carbocycles. The van der Waals surface area contributed by atoms with Crippen LogP contribution in [-0.2, 0) is 14.6 Å². The molecule has 1 aliphatic heterocycles. The normalized spacial score (nSPS) is 41.8. The van der Waals surface area contributed by atoms with Gasteiger partial charge in [-0.3, -0.25) is 4.89 Å². The molecule has 1 N–H and O–H groups in total. The molecule has 0 bridgehead atoms. The average molecular weight is 172 g/mol. The molecule has 4 heteroatoms. The van der Waals surface area contributed by atoms with Crippen LogP contribution < -0.4 is 0 Å². The molecule has 4 nitrogen and oxygen atoms in total. The van der Waals surface area contributed by atoms with Crippen molar-refractivity contribution < 1.29 is 19.7 Å². The summed E-state index contributed by atoms with van der Waals surface area (Å²) in [7, 11) is 0. The number of hydrogen-bond donors (Lipinski definition) is 1. The molecule has 2 atom stereocenters. The fourth-order valence-electron chi connectivity index (χ4n) is 1.92. The first-order chi connectivity index (χ1) is 5.71. The van der Waals surface area contributed by atoms with E-state index in [9.17, 15) is 9.90 Å². The summed E-state index contributed by atoms with van der Waals surface area (Å²) in [6, 6.07) is 0.